The molecule has 0 fully saturated rings. The number of carbonyl (C=O) groups excluding carboxylic acids is 1. The Morgan fingerprint density at radius 3 is 2.79 bits per heavy atom. The molecule has 2 aromatic rings. The molecule has 3 rings (SSSR count). The number of benzene rings is 1. The highest BCUT2D eigenvalue weighted by Crippen LogP contribution is 2.27. The van der Waals surface area contributed by atoms with E-state index in [0.29, 0.717) is 35.4 Å². The highest BCUT2D eigenvalue weighted by atomic mass is 16.5. The zero-order valence-electron chi connectivity index (χ0n) is 14.1. The molecule has 6 nitrogen and oxygen atoms in total. The van der Waals surface area contributed by atoms with E-state index in [1.54, 1.807) is 39.3 Å². The van der Waals surface area contributed by atoms with Gasteiger partial charge in [0.2, 0.25) is 0 Å². The molecule has 1 aliphatic heterocycles. The number of aliphatic hydroxyl groups excluding tert-OH is 1. The summed E-state index contributed by atoms with van der Waals surface area (Å²) in [7, 11) is 3.39. The Balaban J connectivity index is 2.15. The predicted molar refractivity (Wildman–Crippen MR) is 91.6 cm³/mol. The number of ether oxygens (including phenoxy) is 1. The Labute approximate surface area is 140 Å². The zero-order chi connectivity index (χ0) is 17.3. The van der Waals surface area contributed by atoms with Gasteiger partial charge in [-0.05, 0) is 31.1 Å². The van der Waals surface area contributed by atoms with E-state index in [4.69, 9.17) is 9.72 Å². The third kappa shape index (κ3) is 3.16. The van der Waals surface area contributed by atoms with Gasteiger partial charge in [-0.1, -0.05) is 6.08 Å². The molecule has 0 radical (unpaired) electrons. The van der Waals surface area contributed by atoms with Crippen molar-refractivity contribution in [3.8, 4) is 0 Å². The minimum absolute atomic E-state index is 0.128. The molecule has 1 unspecified atom stereocenters. The van der Waals surface area contributed by atoms with Crippen LogP contribution in [0.1, 0.15) is 41.1 Å². The van der Waals surface area contributed by atoms with Crippen LogP contribution in [0.3, 0.4) is 0 Å². The van der Waals surface area contributed by atoms with Crippen LogP contribution in [0.2, 0.25) is 0 Å². The van der Waals surface area contributed by atoms with Crippen LogP contribution < -0.4 is 0 Å². The fraction of sp³-hybridized carbons (Fsp3) is 0.389. The number of fused-ring (bicyclic) bond motifs is 1. The summed E-state index contributed by atoms with van der Waals surface area (Å²) in [5.41, 5.74) is 4.23. The molecular formula is C18H21N3O3. The summed E-state index contributed by atoms with van der Waals surface area (Å²) in [6.45, 7) is 2.92. The third-order valence-corrected chi connectivity index (χ3v) is 4.07. The Bertz CT molecular complexity index is 813. The van der Waals surface area contributed by atoms with Gasteiger partial charge in [0.25, 0.3) is 5.91 Å². The zero-order valence-corrected chi connectivity index (χ0v) is 14.1. The van der Waals surface area contributed by atoms with Gasteiger partial charge in [0.15, 0.2) is 0 Å². The summed E-state index contributed by atoms with van der Waals surface area (Å²) in [4.78, 5) is 22.9. The average Bonchev–Trinajstić information content (AvgIpc) is 2.60. The molecule has 24 heavy (non-hydrogen) atoms. The van der Waals surface area contributed by atoms with Crippen molar-refractivity contribution < 1.29 is 14.6 Å². The van der Waals surface area contributed by atoms with Gasteiger partial charge in [-0.3, -0.25) is 9.78 Å². The van der Waals surface area contributed by atoms with Crippen LogP contribution in [0.4, 0.5) is 0 Å². The summed E-state index contributed by atoms with van der Waals surface area (Å²) in [6.07, 6.45) is 3.78. The molecule has 0 spiro atoms. The summed E-state index contributed by atoms with van der Waals surface area (Å²) in [6, 6.07) is 3.42. The molecule has 1 N–H and O–H groups in total. The molecule has 0 saturated heterocycles. The molecule has 126 valence electrons. The van der Waals surface area contributed by atoms with Crippen molar-refractivity contribution >= 4 is 22.5 Å². The number of hydrogen-bond donors (Lipinski definition) is 1. The Morgan fingerprint density at radius 2 is 2.17 bits per heavy atom. The van der Waals surface area contributed by atoms with E-state index in [2.05, 4.69) is 4.98 Å². The second-order valence-electron chi connectivity index (χ2n) is 6.12. The molecule has 0 bridgehead atoms. The predicted octanol–water partition coefficient (Wildman–Crippen LogP) is 2.19. The van der Waals surface area contributed by atoms with Crippen molar-refractivity contribution in [2.45, 2.75) is 19.4 Å². The minimum atomic E-state index is -0.740. The first-order chi connectivity index (χ1) is 11.5. The van der Waals surface area contributed by atoms with Crippen LogP contribution in [0.5, 0.6) is 0 Å². The van der Waals surface area contributed by atoms with Crippen molar-refractivity contribution in [3.63, 3.8) is 0 Å². The number of nitrogens with zero attached hydrogens (tertiary/aromatic N) is 3. The van der Waals surface area contributed by atoms with Crippen molar-refractivity contribution in [2.75, 3.05) is 27.3 Å². The highest BCUT2D eigenvalue weighted by molar-refractivity contribution is 5.98. The van der Waals surface area contributed by atoms with Crippen LogP contribution in [-0.4, -0.2) is 53.2 Å². The summed E-state index contributed by atoms with van der Waals surface area (Å²) in [5, 5.41) is 10.1. The molecule has 1 aliphatic rings. The van der Waals surface area contributed by atoms with Gasteiger partial charge in [0.05, 0.1) is 42.2 Å². The lowest BCUT2D eigenvalue weighted by Crippen LogP contribution is -2.22. The second-order valence-corrected chi connectivity index (χ2v) is 6.12. The lowest BCUT2D eigenvalue weighted by molar-refractivity contribution is 0.0827. The standard InChI is InChI=1S/C18H21N3O3/c1-11(22)14-8-13(18(23)21(2)3)9-15-17(14)20-16(10-19-15)12-4-6-24-7-5-12/h4,8-11,22H,5-7H2,1-3H3. The normalized spacial score (nSPS) is 15.9. The fourth-order valence-corrected chi connectivity index (χ4v) is 2.76. The molecule has 0 aliphatic carbocycles. The van der Waals surface area contributed by atoms with Crippen molar-refractivity contribution in [1.29, 1.82) is 0 Å². The van der Waals surface area contributed by atoms with Crippen LogP contribution in [-0.2, 0) is 4.74 Å². The number of carbonyl (C=O) groups is 1. The Morgan fingerprint density at radius 1 is 1.38 bits per heavy atom. The number of amides is 1. The molecule has 2 heterocycles. The van der Waals surface area contributed by atoms with Gasteiger partial charge in [-0.2, -0.15) is 0 Å². The van der Waals surface area contributed by atoms with E-state index >= 15 is 0 Å². The Hall–Kier alpha value is -2.31. The van der Waals surface area contributed by atoms with Gasteiger partial charge in [0, 0.05) is 25.2 Å². The SMILES string of the molecule is CC(O)c1cc(C(=O)N(C)C)cc2ncc(C3=CCOCC3)nc12. The van der Waals surface area contributed by atoms with Crippen molar-refractivity contribution in [1.82, 2.24) is 14.9 Å². The first kappa shape index (κ1) is 16.5. The largest absolute Gasteiger partial charge is 0.389 e. The lowest BCUT2D eigenvalue weighted by atomic mass is 10.0. The van der Waals surface area contributed by atoms with Crippen molar-refractivity contribution in [2.24, 2.45) is 0 Å². The molecule has 0 saturated carbocycles. The lowest BCUT2D eigenvalue weighted by Gasteiger charge is -2.16. The van der Waals surface area contributed by atoms with E-state index in [-0.39, 0.29) is 5.91 Å². The summed E-state index contributed by atoms with van der Waals surface area (Å²) in [5.74, 6) is -0.128. The first-order valence-corrected chi connectivity index (χ1v) is 7.95. The molecule has 1 amide bonds. The number of rotatable bonds is 3. The molecule has 1 aromatic carbocycles. The molecule has 6 heteroatoms. The molecule has 1 aromatic heterocycles. The molecular weight excluding hydrogens is 306 g/mol. The van der Waals surface area contributed by atoms with Gasteiger partial charge >= 0.3 is 0 Å². The van der Waals surface area contributed by atoms with Crippen LogP contribution in [0.15, 0.2) is 24.4 Å². The van der Waals surface area contributed by atoms with Crippen LogP contribution in [0, 0.1) is 0 Å². The quantitative estimate of drug-likeness (QED) is 0.935. The Kier molecular flexibility index (Phi) is 4.59. The summed E-state index contributed by atoms with van der Waals surface area (Å²) < 4.78 is 5.33. The maximum Gasteiger partial charge on any atom is 0.253 e. The monoisotopic (exact) mass is 327 g/mol. The number of aliphatic hydroxyl groups is 1. The first-order valence-electron chi connectivity index (χ1n) is 7.95. The fourth-order valence-electron chi connectivity index (χ4n) is 2.76. The van der Waals surface area contributed by atoms with E-state index in [1.165, 1.54) is 4.90 Å². The van der Waals surface area contributed by atoms with Crippen LogP contribution >= 0.6 is 0 Å². The minimum Gasteiger partial charge on any atom is -0.389 e. The maximum atomic E-state index is 12.3. The van der Waals surface area contributed by atoms with Gasteiger partial charge in [0.1, 0.15) is 0 Å². The van der Waals surface area contributed by atoms with Gasteiger partial charge in [-0.15, -0.1) is 0 Å². The van der Waals surface area contributed by atoms with Gasteiger partial charge in [-0.25, -0.2) is 4.98 Å². The van der Waals surface area contributed by atoms with Crippen LogP contribution in [0.25, 0.3) is 16.6 Å². The smallest absolute Gasteiger partial charge is 0.253 e. The average molecular weight is 327 g/mol. The second kappa shape index (κ2) is 6.67. The van der Waals surface area contributed by atoms with Gasteiger partial charge < -0.3 is 14.7 Å². The van der Waals surface area contributed by atoms with E-state index in [9.17, 15) is 9.90 Å². The highest BCUT2D eigenvalue weighted by Gasteiger charge is 2.17. The maximum absolute atomic E-state index is 12.3. The number of aromatic nitrogens is 2. The third-order valence-electron chi connectivity index (χ3n) is 4.07. The van der Waals surface area contributed by atoms with E-state index in [1.807, 2.05) is 6.08 Å². The van der Waals surface area contributed by atoms with E-state index in [0.717, 1.165) is 17.7 Å². The summed E-state index contributed by atoms with van der Waals surface area (Å²) >= 11 is 0. The number of hydrogen-bond acceptors (Lipinski definition) is 5. The topological polar surface area (TPSA) is 75.5 Å². The molecule has 1 atom stereocenters. The van der Waals surface area contributed by atoms with Crippen molar-refractivity contribution in [3.05, 3.63) is 41.2 Å². The van der Waals surface area contributed by atoms with E-state index < -0.39 is 6.10 Å².